The van der Waals surface area contributed by atoms with Crippen molar-refractivity contribution in [3.63, 3.8) is 0 Å². The number of benzene rings is 2. The fraction of sp³-hybridized carbons (Fsp3) is 0.541. The van der Waals surface area contributed by atoms with E-state index in [2.05, 4.69) is 66.3 Å². The van der Waals surface area contributed by atoms with Crippen LogP contribution in [0.3, 0.4) is 0 Å². The number of carbonyl (C=O) groups excluding carboxylic acids is 1. The van der Waals surface area contributed by atoms with Crippen LogP contribution in [-0.4, -0.2) is 19.0 Å². The van der Waals surface area contributed by atoms with Gasteiger partial charge in [0.05, 0.1) is 13.2 Å². The Morgan fingerprint density at radius 3 is 1.85 bits per heavy atom. The minimum Gasteiger partial charge on any atom is -0.494 e. The number of allylic oxidation sites excluding steroid dienone is 2. The molecule has 0 heterocycles. The molecule has 0 amide bonds. The van der Waals surface area contributed by atoms with E-state index in [-0.39, 0.29) is 5.78 Å². The van der Waals surface area contributed by atoms with Crippen LogP contribution in [-0.2, 0) is 24.1 Å². The molecule has 0 saturated carbocycles. The molecule has 2 aliphatic rings. The first-order valence-electron chi connectivity index (χ1n) is 15.3. The summed E-state index contributed by atoms with van der Waals surface area (Å²) in [7, 11) is 0. The second kappa shape index (κ2) is 14.7. The Kier molecular flexibility index (Phi) is 11.7. The van der Waals surface area contributed by atoms with E-state index in [1.807, 2.05) is 24.3 Å². The Hall–Kier alpha value is -2.81. The minimum atomic E-state index is 0.167. The number of ether oxygens (including phenoxy) is 2. The Bertz CT molecular complexity index is 1160. The molecule has 0 spiro atoms. The van der Waals surface area contributed by atoms with Gasteiger partial charge in [-0.05, 0) is 121 Å². The Labute approximate surface area is 244 Å². The minimum absolute atomic E-state index is 0.167. The maximum Gasteiger partial charge on any atom is 0.160 e. The summed E-state index contributed by atoms with van der Waals surface area (Å²) in [5.74, 6) is 2.07. The molecule has 4 rings (SSSR count). The summed E-state index contributed by atoms with van der Waals surface area (Å²) in [6.07, 6.45) is 14.5. The first-order chi connectivity index (χ1) is 18.9. The predicted octanol–water partition coefficient (Wildman–Crippen LogP) is 9.75. The van der Waals surface area contributed by atoms with Gasteiger partial charge in [-0.25, -0.2) is 0 Å². The van der Waals surface area contributed by atoms with Crippen LogP contribution in [0.25, 0.3) is 6.08 Å². The number of unbranched alkanes of at least 4 members (excludes halogenated alkanes) is 2. The molecule has 2 aromatic carbocycles. The zero-order valence-corrected chi connectivity index (χ0v) is 26.0. The van der Waals surface area contributed by atoms with Gasteiger partial charge in [-0.3, -0.25) is 4.79 Å². The quantitative estimate of drug-likeness (QED) is 0.221. The molecular weight excluding hydrogens is 492 g/mol. The molecule has 0 fully saturated rings. The predicted molar refractivity (Wildman–Crippen MR) is 169 cm³/mol. The van der Waals surface area contributed by atoms with Crippen LogP contribution in [0.5, 0.6) is 11.5 Å². The van der Waals surface area contributed by atoms with Crippen molar-refractivity contribution in [3.8, 4) is 11.5 Å². The summed E-state index contributed by atoms with van der Waals surface area (Å²) in [5, 5.41) is 0. The summed E-state index contributed by atoms with van der Waals surface area (Å²) in [6.45, 7) is 19.4. The third-order valence-electron chi connectivity index (χ3n) is 7.47. The average molecular weight is 545 g/mol. The summed E-state index contributed by atoms with van der Waals surface area (Å²) in [5.41, 5.74) is 7.27. The number of ketones is 1. The molecule has 218 valence electrons. The van der Waals surface area contributed by atoms with Crippen LogP contribution in [0.2, 0.25) is 0 Å². The molecule has 0 aromatic heterocycles. The lowest BCUT2D eigenvalue weighted by molar-refractivity contribution is -0.114. The highest BCUT2D eigenvalue weighted by atomic mass is 16.5. The van der Waals surface area contributed by atoms with E-state index >= 15 is 0 Å². The van der Waals surface area contributed by atoms with Crippen molar-refractivity contribution in [2.75, 3.05) is 13.2 Å². The Morgan fingerprint density at radius 1 is 0.675 bits per heavy atom. The maximum absolute atomic E-state index is 11.4. The smallest absolute Gasteiger partial charge is 0.160 e. The third-order valence-corrected chi connectivity index (χ3v) is 7.47. The maximum atomic E-state index is 11.4. The van der Waals surface area contributed by atoms with E-state index in [4.69, 9.17) is 9.47 Å². The standard InChI is InChI=1S/C19H28O.C18H24O2/c1-15-7-8-16-9-10-18(14-17(16)13-15)20-12-6-5-11-19(2,3)4;1-18(2,3)10-4-5-11-20-17-9-7-14-6-8-16(19)12-15(14)13-17/h9-10,14H,1,5-8,11-13H2,2-4H3;6-9,13H,4-5,10-12H2,1-3H3. The van der Waals surface area contributed by atoms with E-state index in [1.54, 1.807) is 6.08 Å². The number of hydrogen-bond donors (Lipinski definition) is 0. The summed E-state index contributed by atoms with van der Waals surface area (Å²) in [4.78, 5) is 11.4. The van der Waals surface area contributed by atoms with Gasteiger partial charge in [0.1, 0.15) is 11.5 Å². The molecule has 40 heavy (non-hydrogen) atoms. The Morgan fingerprint density at radius 2 is 1.25 bits per heavy atom. The van der Waals surface area contributed by atoms with Crippen molar-refractivity contribution < 1.29 is 14.3 Å². The lowest BCUT2D eigenvalue weighted by Crippen LogP contribution is -2.07. The summed E-state index contributed by atoms with van der Waals surface area (Å²) >= 11 is 0. The van der Waals surface area contributed by atoms with Crippen molar-refractivity contribution in [3.05, 3.63) is 76.9 Å². The molecule has 0 N–H and O–H groups in total. The van der Waals surface area contributed by atoms with Gasteiger partial charge in [-0.1, -0.05) is 71.9 Å². The first-order valence-corrected chi connectivity index (χ1v) is 15.3. The van der Waals surface area contributed by atoms with Gasteiger partial charge in [-0.2, -0.15) is 0 Å². The molecule has 3 nitrogen and oxygen atoms in total. The van der Waals surface area contributed by atoms with Gasteiger partial charge >= 0.3 is 0 Å². The van der Waals surface area contributed by atoms with Gasteiger partial charge in [0.25, 0.3) is 0 Å². The monoisotopic (exact) mass is 544 g/mol. The topological polar surface area (TPSA) is 35.5 Å². The molecule has 3 heteroatoms. The number of rotatable bonds is 10. The Balaban J connectivity index is 0.000000220. The summed E-state index contributed by atoms with van der Waals surface area (Å²) < 4.78 is 11.7. The number of fused-ring (bicyclic) bond motifs is 2. The fourth-order valence-electron chi connectivity index (χ4n) is 5.08. The van der Waals surface area contributed by atoms with Crippen LogP contribution in [0.4, 0.5) is 0 Å². The van der Waals surface area contributed by atoms with Crippen LogP contribution in [0.15, 0.2) is 54.6 Å². The molecule has 0 radical (unpaired) electrons. The molecule has 0 bridgehead atoms. The van der Waals surface area contributed by atoms with Crippen LogP contribution in [0, 0.1) is 10.8 Å². The zero-order valence-electron chi connectivity index (χ0n) is 26.0. The third kappa shape index (κ3) is 11.7. The number of hydrogen-bond acceptors (Lipinski definition) is 3. The molecule has 0 saturated heterocycles. The van der Waals surface area contributed by atoms with Crippen LogP contribution >= 0.6 is 0 Å². The van der Waals surface area contributed by atoms with Crippen molar-refractivity contribution >= 4 is 11.9 Å². The molecule has 0 atom stereocenters. The highest BCUT2D eigenvalue weighted by Gasteiger charge is 2.14. The molecule has 0 unspecified atom stereocenters. The van der Waals surface area contributed by atoms with E-state index in [0.717, 1.165) is 67.9 Å². The molecule has 0 aliphatic heterocycles. The summed E-state index contributed by atoms with van der Waals surface area (Å²) in [6, 6.07) is 12.6. The number of aryl methyl sites for hydroxylation is 1. The van der Waals surface area contributed by atoms with E-state index in [1.165, 1.54) is 42.4 Å². The van der Waals surface area contributed by atoms with E-state index < -0.39 is 0 Å². The van der Waals surface area contributed by atoms with Crippen molar-refractivity contribution in [2.45, 2.75) is 106 Å². The van der Waals surface area contributed by atoms with Gasteiger partial charge in [0, 0.05) is 6.42 Å². The van der Waals surface area contributed by atoms with Gasteiger partial charge < -0.3 is 9.47 Å². The van der Waals surface area contributed by atoms with Crippen molar-refractivity contribution in [1.82, 2.24) is 0 Å². The van der Waals surface area contributed by atoms with Crippen molar-refractivity contribution in [2.24, 2.45) is 10.8 Å². The molecule has 2 aromatic rings. The molecular formula is C37H52O3. The van der Waals surface area contributed by atoms with Gasteiger partial charge in [0.2, 0.25) is 0 Å². The van der Waals surface area contributed by atoms with Gasteiger partial charge in [-0.15, -0.1) is 0 Å². The van der Waals surface area contributed by atoms with E-state index in [9.17, 15) is 4.79 Å². The lowest BCUT2D eigenvalue weighted by Gasteiger charge is -2.19. The average Bonchev–Trinajstić information content (AvgIpc) is 2.87. The SMILES string of the molecule is C=C1CCc2ccc(OCCCCC(C)(C)C)cc2C1.CC(C)(C)CCCCOc1ccc2c(c1)CC(=O)C=C2. The van der Waals surface area contributed by atoms with Crippen LogP contribution < -0.4 is 9.47 Å². The zero-order chi connectivity index (χ0) is 29.2. The highest BCUT2D eigenvalue weighted by molar-refractivity contribution is 5.98. The van der Waals surface area contributed by atoms with Gasteiger partial charge in [0.15, 0.2) is 5.78 Å². The lowest BCUT2D eigenvalue weighted by atomic mass is 9.89. The fourth-order valence-corrected chi connectivity index (χ4v) is 5.08. The largest absolute Gasteiger partial charge is 0.494 e. The van der Waals surface area contributed by atoms with E-state index in [0.29, 0.717) is 17.3 Å². The van der Waals surface area contributed by atoms with Crippen molar-refractivity contribution in [1.29, 1.82) is 0 Å². The molecule has 2 aliphatic carbocycles. The second-order valence-electron chi connectivity index (χ2n) is 13.9. The highest BCUT2D eigenvalue weighted by Crippen LogP contribution is 2.28. The van der Waals surface area contributed by atoms with Crippen LogP contribution in [0.1, 0.15) is 109 Å². The normalized spacial score (nSPS) is 14.7. The first kappa shape index (κ1) is 31.7. The number of carbonyl (C=O) groups is 1. The second-order valence-corrected chi connectivity index (χ2v) is 13.9.